The van der Waals surface area contributed by atoms with Crippen LogP contribution in [0.15, 0.2) is 97.1 Å². The maximum Gasteiger partial charge on any atom is 0.328 e. The van der Waals surface area contributed by atoms with Gasteiger partial charge >= 0.3 is 23.8 Å². The summed E-state index contributed by atoms with van der Waals surface area (Å²) in [5.74, 6) is -8.65. The molecule has 14 heteroatoms. The van der Waals surface area contributed by atoms with Gasteiger partial charge in [0.25, 0.3) is 23.4 Å². The van der Waals surface area contributed by atoms with Gasteiger partial charge in [0.1, 0.15) is 12.1 Å². The van der Waals surface area contributed by atoms with Crippen molar-refractivity contribution in [1.82, 2.24) is 10.6 Å². The van der Waals surface area contributed by atoms with Crippen molar-refractivity contribution < 1.29 is 47.8 Å². The molecule has 4 amide bonds. The van der Waals surface area contributed by atoms with Crippen molar-refractivity contribution in [3.63, 3.8) is 0 Å². The second kappa shape index (κ2) is 18.5. The van der Waals surface area contributed by atoms with Crippen molar-refractivity contribution in [3.8, 4) is 0 Å². The van der Waals surface area contributed by atoms with Gasteiger partial charge in [0.05, 0.1) is 36.7 Å². The summed E-state index contributed by atoms with van der Waals surface area (Å²) in [5, 5.41) is 9.40. The van der Waals surface area contributed by atoms with Crippen molar-refractivity contribution in [1.29, 1.82) is 0 Å². The van der Waals surface area contributed by atoms with E-state index in [0.29, 0.717) is 22.3 Å². The lowest BCUT2D eigenvalue weighted by Gasteiger charge is -2.17. The first kappa shape index (κ1) is 39.8. The summed E-state index contributed by atoms with van der Waals surface area (Å²) in [7, 11) is 2.29. The standard InChI is InChI=1S/C40H38N4O10/c1-23-15-17-29(27(19-23)33(45)35(47)43-31(39(51)53-3)21-25-11-7-5-8-12-25)41-37(49)38(50)42-30-18-16-24(2)20-28(30)34(46)36(48)44-32(40(52)54-4)22-26-13-9-6-10-14-26/h5-20,31-32H,21-22H2,1-4H3,(H,41,49)(H,42,50)(H,43,47)(H,44,48)/t31-,32-/m1/s1. The first-order valence-electron chi connectivity index (χ1n) is 16.6. The molecule has 0 bridgehead atoms. The Balaban J connectivity index is 1.49. The van der Waals surface area contributed by atoms with Gasteiger partial charge in [-0.3, -0.25) is 28.8 Å². The van der Waals surface area contributed by atoms with E-state index in [0.717, 1.165) is 14.2 Å². The minimum absolute atomic E-state index is 0.0365. The number of hydrogen-bond donors (Lipinski definition) is 4. The maximum absolute atomic E-state index is 13.4. The van der Waals surface area contributed by atoms with Crippen LogP contribution < -0.4 is 21.3 Å². The molecule has 0 aromatic heterocycles. The fourth-order valence-electron chi connectivity index (χ4n) is 5.33. The van der Waals surface area contributed by atoms with E-state index in [-0.39, 0.29) is 35.3 Å². The smallest absolute Gasteiger partial charge is 0.328 e. The highest BCUT2D eigenvalue weighted by Gasteiger charge is 2.30. The Morgan fingerprint density at radius 2 is 0.852 bits per heavy atom. The molecule has 4 N–H and O–H groups in total. The third-order valence-corrected chi connectivity index (χ3v) is 8.10. The normalized spacial score (nSPS) is 11.6. The maximum atomic E-state index is 13.4. The van der Waals surface area contributed by atoms with Crippen LogP contribution in [-0.4, -0.2) is 73.4 Å². The number of amides is 4. The van der Waals surface area contributed by atoms with Crippen LogP contribution in [-0.2, 0) is 51.1 Å². The zero-order chi connectivity index (χ0) is 39.4. The van der Waals surface area contributed by atoms with Crippen molar-refractivity contribution in [2.24, 2.45) is 0 Å². The Hall–Kier alpha value is -6.96. The number of esters is 2. The number of ether oxygens (including phenoxy) is 2. The Morgan fingerprint density at radius 1 is 0.500 bits per heavy atom. The predicted octanol–water partition coefficient (Wildman–Crippen LogP) is 3.05. The van der Waals surface area contributed by atoms with Crippen LogP contribution in [0.5, 0.6) is 0 Å². The molecule has 4 rings (SSSR count). The topological polar surface area (TPSA) is 203 Å². The molecule has 4 aromatic carbocycles. The number of ketones is 2. The van der Waals surface area contributed by atoms with Crippen LogP contribution in [0.4, 0.5) is 11.4 Å². The number of nitrogens with one attached hydrogen (secondary N) is 4. The monoisotopic (exact) mass is 734 g/mol. The average molecular weight is 735 g/mol. The van der Waals surface area contributed by atoms with Gasteiger partial charge in [0.2, 0.25) is 0 Å². The van der Waals surface area contributed by atoms with Gasteiger partial charge in [-0.15, -0.1) is 0 Å². The summed E-state index contributed by atoms with van der Waals surface area (Å²) in [6, 6.07) is 23.5. The van der Waals surface area contributed by atoms with E-state index in [1.807, 2.05) is 0 Å². The molecule has 0 aliphatic carbocycles. The number of Topliss-reactive ketones (excluding diaryl/α,β-unsaturated/α-hetero) is 2. The van der Waals surface area contributed by atoms with E-state index in [4.69, 9.17) is 9.47 Å². The predicted molar refractivity (Wildman–Crippen MR) is 196 cm³/mol. The van der Waals surface area contributed by atoms with Gasteiger partial charge in [-0.1, -0.05) is 83.9 Å². The van der Waals surface area contributed by atoms with Crippen molar-refractivity contribution in [2.45, 2.75) is 38.8 Å². The highest BCUT2D eigenvalue weighted by Crippen LogP contribution is 2.21. The summed E-state index contributed by atoms with van der Waals surface area (Å²) in [4.78, 5) is 104. The Kier molecular flexibility index (Phi) is 13.6. The average Bonchev–Trinajstić information content (AvgIpc) is 3.18. The molecule has 14 nitrogen and oxygen atoms in total. The first-order valence-corrected chi connectivity index (χ1v) is 16.6. The highest BCUT2D eigenvalue weighted by atomic mass is 16.5. The number of carbonyl (C=O) groups is 8. The van der Waals surface area contributed by atoms with Gasteiger partial charge in [-0.25, -0.2) is 9.59 Å². The van der Waals surface area contributed by atoms with Crippen LogP contribution >= 0.6 is 0 Å². The zero-order valence-electron chi connectivity index (χ0n) is 29.9. The molecule has 0 heterocycles. The van der Waals surface area contributed by atoms with Gasteiger partial charge in [-0.05, 0) is 49.2 Å². The van der Waals surface area contributed by atoms with E-state index >= 15 is 0 Å². The first-order chi connectivity index (χ1) is 25.8. The van der Waals surface area contributed by atoms with Gasteiger partial charge in [0, 0.05) is 12.8 Å². The van der Waals surface area contributed by atoms with E-state index in [1.165, 1.54) is 36.4 Å². The van der Waals surface area contributed by atoms with Crippen LogP contribution in [0.1, 0.15) is 43.0 Å². The Bertz CT molecular complexity index is 1930. The van der Waals surface area contributed by atoms with Crippen LogP contribution in [0.25, 0.3) is 0 Å². The minimum atomic E-state index is -1.28. The van der Waals surface area contributed by atoms with Crippen LogP contribution in [0.2, 0.25) is 0 Å². The number of carbonyl (C=O) groups excluding carboxylic acids is 8. The van der Waals surface area contributed by atoms with Crippen LogP contribution in [0.3, 0.4) is 0 Å². The highest BCUT2D eigenvalue weighted by molar-refractivity contribution is 6.48. The van der Waals surface area contributed by atoms with Gasteiger partial charge < -0.3 is 30.7 Å². The second-order valence-corrected chi connectivity index (χ2v) is 12.1. The summed E-state index contributed by atoms with van der Waals surface area (Å²) in [6.07, 6.45) is 0.0731. The number of rotatable bonds is 14. The molecule has 0 spiro atoms. The van der Waals surface area contributed by atoms with Gasteiger partial charge in [0.15, 0.2) is 0 Å². The molecular formula is C40H38N4O10. The fraction of sp³-hybridized carbons (Fsp3) is 0.200. The molecule has 0 aliphatic rings. The van der Waals surface area contributed by atoms with E-state index in [9.17, 15) is 38.4 Å². The lowest BCUT2D eigenvalue weighted by molar-refractivity contribution is -0.145. The van der Waals surface area contributed by atoms with Crippen molar-refractivity contribution in [2.75, 3.05) is 24.9 Å². The molecule has 0 fully saturated rings. The lowest BCUT2D eigenvalue weighted by atomic mass is 10.0. The molecule has 0 aliphatic heterocycles. The molecule has 0 saturated heterocycles. The van der Waals surface area contributed by atoms with Crippen molar-refractivity contribution >= 4 is 58.5 Å². The third-order valence-electron chi connectivity index (χ3n) is 8.10. The van der Waals surface area contributed by atoms with E-state index in [1.54, 1.807) is 74.5 Å². The quantitative estimate of drug-likeness (QED) is 0.0847. The number of aryl methyl sites for hydroxylation is 2. The zero-order valence-corrected chi connectivity index (χ0v) is 29.9. The second-order valence-electron chi connectivity index (χ2n) is 12.1. The third kappa shape index (κ3) is 10.5. The minimum Gasteiger partial charge on any atom is -0.467 e. The van der Waals surface area contributed by atoms with E-state index in [2.05, 4.69) is 21.3 Å². The molecule has 4 aromatic rings. The molecule has 278 valence electrons. The molecular weight excluding hydrogens is 696 g/mol. The summed E-state index contributed by atoms with van der Waals surface area (Å²) >= 11 is 0. The molecule has 0 saturated carbocycles. The molecule has 0 unspecified atom stereocenters. The van der Waals surface area contributed by atoms with Crippen LogP contribution in [0, 0.1) is 13.8 Å². The number of hydrogen-bond acceptors (Lipinski definition) is 10. The SMILES string of the molecule is COC(=O)[C@@H](Cc1ccccc1)NC(=O)C(=O)c1cc(C)ccc1NC(=O)C(=O)Nc1ccc(C)cc1C(=O)C(=O)N[C@H](Cc1ccccc1)C(=O)OC. The largest absolute Gasteiger partial charge is 0.467 e. The number of methoxy groups -OCH3 is 2. The Labute approximate surface area is 310 Å². The van der Waals surface area contributed by atoms with Crippen molar-refractivity contribution in [3.05, 3.63) is 130 Å². The molecule has 2 atom stereocenters. The van der Waals surface area contributed by atoms with Gasteiger partial charge in [-0.2, -0.15) is 0 Å². The Morgan fingerprint density at radius 3 is 1.19 bits per heavy atom. The number of benzene rings is 4. The molecule has 54 heavy (non-hydrogen) atoms. The summed E-state index contributed by atoms with van der Waals surface area (Å²) < 4.78 is 9.62. The summed E-state index contributed by atoms with van der Waals surface area (Å²) in [6.45, 7) is 3.28. The molecule has 0 radical (unpaired) electrons. The van der Waals surface area contributed by atoms with E-state index < -0.39 is 59.2 Å². The fourth-order valence-corrected chi connectivity index (χ4v) is 5.33. The lowest BCUT2D eigenvalue weighted by Crippen LogP contribution is -2.46. The summed E-state index contributed by atoms with van der Waals surface area (Å²) in [5.41, 5.74) is 1.57. The number of anilines is 2.